The molecule has 166 valence electrons. The van der Waals surface area contributed by atoms with E-state index in [9.17, 15) is 9.90 Å². The minimum atomic E-state index is -0.310. The van der Waals surface area contributed by atoms with Crippen molar-refractivity contribution >= 4 is 5.97 Å². The van der Waals surface area contributed by atoms with E-state index in [1.54, 1.807) is 26.4 Å². The molecule has 0 atom stereocenters. The molecule has 30 heavy (non-hydrogen) atoms. The van der Waals surface area contributed by atoms with Gasteiger partial charge in [0.15, 0.2) is 0 Å². The molecule has 0 aliphatic rings. The number of ether oxygens (including phenoxy) is 3. The van der Waals surface area contributed by atoms with Crippen molar-refractivity contribution in [2.45, 2.75) is 39.9 Å². The van der Waals surface area contributed by atoms with Gasteiger partial charge in [-0.15, -0.1) is 0 Å². The van der Waals surface area contributed by atoms with Crippen molar-refractivity contribution in [2.24, 2.45) is 0 Å². The highest BCUT2D eigenvalue weighted by molar-refractivity contribution is 5.72. The van der Waals surface area contributed by atoms with E-state index in [1.165, 1.54) is 7.11 Å². The zero-order valence-electron chi connectivity index (χ0n) is 18.3. The van der Waals surface area contributed by atoms with Gasteiger partial charge >= 0.3 is 5.97 Å². The molecular weight excluding hydrogens is 388 g/mol. The van der Waals surface area contributed by atoms with Crippen LogP contribution in [-0.4, -0.2) is 49.2 Å². The maximum atomic E-state index is 11.1. The van der Waals surface area contributed by atoms with Crippen molar-refractivity contribution in [3.8, 4) is 11.5 Å². The van der Waals surface area contributed by atoms with Crippen LogP contribution >= 0.6 is 0 Å². The Kier molecular flexibility index (Phi) is 10.9. The quantitative estimate of drug-likeness (QED) is 0.563. The molecule has 3 N–H and O–H groups in total. The SMILES string of the molecule is COC(=O)Cc1cc(CO)c(C)c(OC)c1.COc1cc(CCO)cc(CO)c1C. The Morgan fingerprint density at radius 3 is 1.67 bits per heavy atom. The lowest BCUT2D eigenvalue weighted by atomic mass is 10.0. The molecule has 0 unspecified atom stereocenters. The van der Waals surface area contributed by atoms with Gasteiger partial charge in [-0.2, -0.15) is 0 Å². The predicted molar refractivity (Wildman–Crippen MR) is 114 cm³/mol. The molecule has 0 fully saturated rings. The van der Waals surface area contributed by atoms with Gasteiger partial charge in [-0.3, -0.25) is 4.79 Å². The molecule has 0 amide bonds. The number of carbonyl (C=O) groups excluding carboxylic acids is 1. The molecular formula is C23H32O7. The summed E-state index contributed by atoms with van der Waals surface area (Å²) in [6, 6.07) is 7.36. The van der Waals surface area contributed by atoms with Crippen molar-refractivity contribution in [1.82, 2.24) is 0 Å². The first kappa shape index (κ1) is 25.4. The summed E-state index contributed by atoms with van der Waals surface area (Å²) in [7, 11) is 4.51. The second-order valence-corrected chi connectivity index (χ2v) is 6.71. The van der Waals surface area contributed by atoms with E-state index >= 15 is 0 Å². The Morgan fingerprint density at radius 1 is 0.800 bits per heavy atom. The lowest BCUT2D eigenvalue weighted by molar-refractivity contribution is -0.139. The van der Waals surface area contributed by atoms with Crippen molar-refractivity contribution in [3.05, 3.63) is 57.6 Å². The van der Waals surface area contributed by atoms with Crippen LogP contribution in [0.2, 0.25) is 0 Å². The maximum Gasteiger partial charge on any atom is 0.309 e. The number of esters is 1. The first-order valence-corrected chi connectivity index (χ1v) is 9.57. The first-order chi connectivity index (χ1) is 14.3. The fraction of sp³-hybridized carbons (Fsp3) is 0.435. The van der Waals surface area contributed by atoms with Gasteiger partial charge in [0.05, 0.1) is 41.0 Å². The van der Waals surface area contributed by atoms with Gasteiger partial charge in [-0.25, -0.2) is 0 Å². The standard InChI is InChI=1S/C12H16O4.C11H16O3/c1-8-10(7-13)4-9(5-11(8)15-2)6-12(14)16-3;1-8-10(7-13)5-9(3-4-12)6-11(8)14-2/h4-5,13H,6-7H2,1-3H3;5-6,12-13H,3-4,7H2,1-2H3. The summed E-state index contributed by atoms with van der Waals surface area (Å²) in [6.45, 7) is 3.81. The van der Waals surface area contributed by atoms with Gasteiger partial charge < -0.3 is 29.5 Å². The molecule has 0 aliphatic heterocycles. The summed E-state index contributed by atoms with van der Waals surface area (Å²) in [5, 5.41) is 27.1. The topological polar surface area (TPSA) is 105 Å². The molecule has 2 aromatic carbocycles. The molecule has 0 saturated carbocycles. The number of hydrogen-bond acceptors (Lipinski definition) is 7. The molecule has 0 heterocycles. The fourth-order valence-electron chi connectivity index (χ4n) is 2.98. The third kappa shape index (κ3) is 7.02. The lowest BCUT2D eigenvalue weighted by Gasteiger charge is -2.11. The molecule has 7 nitrogen and oxygen atoms in total. The van der Waals surface area contributed by atoms with Crippen molar-refractivity contribution in [2.75, 3.05) is 27.9 Å². The summed E-state index contributed by atoms with van der Waals surface area (Å²) in [5.41, 5.74) is 5.22. The first-order valence-electron chi connectivity index (χ1n) is 9.57. The highest BCUT2D eigenvalue weighted by Gasteiger charge is 2.10. The zero-order chi connectivity index (χ0) is 22.7. The van der Waals surface area contributed by atoms with Gasteiger partial charge in [0, 0.05) is 6.61 Å². The summed E-state index contributed by atoms with van der Waals surface area (Å²) in [4.78, 5) is 11.1. The van der Waals surface area contributed by atoms with E-state index in [2.05, 4.69) is 4.74 Å². The third-order valence-corrected chi connectivity index (χ3v) is 4.81. The highest BCUT2D eigenvalue weighted by atomic mass is 16.5. The molecule has 7 heteroatoms. The Labute approximate surface area is 177 Å². The van der Waals surface area contributed by atoms with E-state index in [0.29, 0.717) is 12.2 Å². The summed E-state index contributed by atoms with van der Waals surface area (Å²) >= 11 is 0. The van der Waals surface area contributed by atoms with Crippen LogP contribution in [0.5, 0.6) is 11.5 Å². The van der Waals surface area contributed by atoms with Crippen molar-refractivity contribution in [1.29, 1.82) is 0 Å². The second-order valence-electron chi connectivity index (χ2n) is 6.71. The lowest BCUT2D eigenvalue weighted by Crippen LogP contribution is -2.06. The van der Waals surface area contributed by atoms with E-state index in [1.807, 2.05) is 26.0 Å². The second kappa shape index (κ2) is 12.8. The van der Waals surface area contributed by atoms with Crippen LogP contribution < -0.4 is 9.47 Å². The van der Waals surface area contributed by atoms with Crippen LogP contribution in [0, 0.1) is 13.8 Å². The molecule has 2 aromatic rings. The average Bonchev–Trinajstić information content (AvgIpc) is 2.76. The smallest absolute Gasteiger partial charge is 0.309 e. The minimum Gasteiger partial charge on any atom is -0.496 e. The van der Waals surface area contributed by atoms with Crippen molar-refractivity contribution in [3.63, 3.8) is 0 Å². The van der Waals surface area contributed by atoms with Gasteiger partial charge in [0.1, 0.15) is 11.5 Å². The molecule has 0 spiro atoms. The van der Waals surface area contributed by atoms with Crippen LogP contribution in [0.1, 0.15) is 33.4 Å². The minimum absolute atomic E-state index is 0.00145. The van der Waals surface area contributed by atoms with Crippen LogP contribution in [0.25, 0.3) is 0 Å². The van der Waals surface area contributed by atoms with Crippen molar-refractivity contribution < 1.29 is 34.3 Å². The molecule has 0 saturated heterocycles. The Hall–Kier alpha value is -2.61. The number of methoxy groups -OCH3 is 3. The van der Waals surface area contributed by atoms with Crippen LogP contribution in [0.3, 0.4) is 0 Å². The number of carbonyl (C=O) groups is 1. The number of rotatable bonds is 8. The Bertz CT molecular complexity index is 780. The summed E-state index contributed by atoms with van der Waals surface area (Å²) < 4.78 is 15.0. The average molecular weight is 421 g/mol. The van der Waals surface area contributed by atoms with E-state index in [4.69, 9.17) is 19.7 Å². The molecule has 0 bridgehead atoms. The van der Waals surface area contributed by atoms with Gasteiger partial charge in [-0.1, -0.05) is 12.1 Å². The third-order valence-electron chi connectivity index (χ3n) is 4.81. The van der Waals surface area contributed by atoms with Gasteiger partial charge in [-0.05, 0) is 65.8 Å². The summed E-state index contributed by atoms with van der Waals surface area (Å²) in [6.07, 6.45) is 0.768. The Balaban J connectivity index is 0.000000303. The Morgan fingerprint density at radius 2 is 1.27 bits per heavy atom. The molecule has 0 aliphatic carbocycles. The highest BCUT2D eigenvalue weighted by Crippen LogP contribution is 2.25. The van der Waals surface area contributed by atoms with Gasteiger partial charge in [0.25, 0.3) is 0 Å². The van der Waals surface area contributed by atoms with E-state index in [0.717, 1.165) is 39.1 Å². The van der Waals surface area contributed by atoms with E-state index in [-0.39, 0.29) is 32.2 Å². The normalized spacial score (nSPS) is 10.1. The van der Waals surface area contributed by atoms with E-state index < -0.39 is 0 Å². The summed E-state index contributed by atoms with van der Waals surface area (Å²) in [5.74, 6) is 1.13. The van der Waals surface area contributed by atoms with Gasteiger partial charge in [0.2, 0.25) is 0 Å². The van der Waals surface area contributed by atoms with Crippen LogP contribution in [0.15, 0.2) is 24.3 Å². The predicted octanol–water partition coefficient (Wildman–Crippen LogP) is 2.24. The largest absolute Gasteiger partial charge is 0.496 e. The monoisotopic (exact) mass is 420 g/mol. The number of aliphatic hydroxyl groups excluding tert-OH is 3. The number of aliphatic hydroxyl groups is 3. The molecule has 0 radical (unpaired) electrons. The maximum absolute atomic E-state index is 11.1. The fourth-order valence-corrected chi connectivity index (χ4v) is 2.98. The molecule has 0 aromatic heterocycles. The van der Waals surface area contributed by atoms with Crippen LogP contribution in [0.4, 0.5) is 0 Å². The number of hydrogen-bond donors (Lipinski definition) is 3. The van der Waals surface area contributed by atoms with Crippen LogP contribution in [-0.2, 0) is 35.6 Å². The number of benzene rings is 2. The molecule has 2 rings (SSSR count). The zero-order valence-corrected chi connectivity index (χ0v) is 18.3.